The molecule has 0 bridgehead atoms. The molecule has 1 aromatic rings. The van der Waals surface area contributed by atoms with E-state index in [0.717, 1.165) is 25.7 Å². The molecule has 2 rings (SSSR count). The molecule has 1 aromatic carbocycles. The molecule has 0 radical (unpaired) electrons. The summed E-state index contributed by atoms with van der Waals surface area (Å²) in [7, 11) is 0. The molecular formula is C14H19BrN2O3. The van der Waals surface area contributed by atoms with E-state index in [2.05, 4.69) is 15.9 Å². The fourth-order valence-corrected chi connectivity index (χ4v) is 2.97. The molecule has 20 heavy (non-hydrogen) atoms. The third-order valence-corrected chi connectivity index (χ3v) is 4.35. The lowest BCUT2D eigenvalue weighted by molar-refractivity contribution is -0.385. The topological polar surface area (TPSA) is 78.4 Å². The third-order valence-electron chi connectivity index (χ3n) is 3.73. The minimum atomic E-state index is -0.388. The molecule has 0 heterocycles. The second-order valence-electron chi connectivity index (χ2n) is 5.28. The lowest BCUT2D eigenvalue weighted by atomic mass is 10.1. The van der Waals surface area contributed by atoms with Crippen molar-refractivity contribution < 1.29 is 9.66 Å². The zero-order chi connectivity index (χ0) is 14.7. The van der Waals surface area contributed by atoms with E-state index < -0.39 is 0 Å². The fourth-order valence-electron chi connectivity index (χ4n) is 2.54. The number of nitro groups is 1. The Morgan fingerprint density at radius 1 is 1.35 bits per heavy atom. The summed E-state index contributed by atoms with van der Waals surface area (Å²) in [6.45, 7) is 1.71. The van der Waals surface area contributed by atoms with Crippen molar-refractivity contribution in [2.45, 2.75) is 51.2 Å². The van der Waals surface area contributed by atoms with Crippen molar-refractivity contribution in [2.24, 2.45) is 5.73 Å². The Labute approximate surface area is 126 Å². The Kier molecular flexibility index (Phi) is 4.99. The van der Waals surface area contributed by atoms with Gasteiger partial charge in [-0.2, -0.15) is 0 Å². The highest BCUT2D eigenvalue weighted by Crippen LogP contribution is 2.34. The Balaban J connectivity index is 2.20. The molecule has 1 aliphatic rings. The lowest BCUT2D eigenvalue weighted by Crippen LogP contribution is -2.37. The van der Waals surface area contributed by atoms with Gasteiger partial charge in [-0.15, -0.1) is 0 Å². The average Bonchev–Trinajstić information content (AvgIpc) is 2.58. The van der Waals surface area contributed by atoms with Crippen LogP contribution in [0.1, 0.15) is 37.7 Å². The summed E-state index contributed by atoms with van der Waals surface area (Å²) in [5.41, 5.74) is 6.83. The molecule has 5 nitrogen and oxygen atoms in total. The Bertz CT molecular complexity index is 507. The van der Waals surface area contributed by atoms with Crippen LogP contribution in [0.4, 0.5) is 5.69 Å². The number of nitrogens with zero attached hydrogens (tertiary/aromatic N) is 1. The first-order chi connectivity index (χ1) is 9.49. The number of hydrogen-bond acceptors (Lipinski definition) is 4. The van der Waals surface area contributed by atoms with Gasteiger partial charge in [0.15, 0.2) is 0 Å². The first-order valence-electron chi connectivity index (χ1n) is 6.86. The molecule has 0 amide bonds. The molecule has 2 unspecified atom stereocenters. The predicted octanol–water partition coefficient (Wildman–Crippen LogP) is 3.70. The Hall–Kier alpha value is -1.14. The van der Waals surface area contributed by atoms with Gasteiger partial charge >= 0.3 is 0 Å². The van der Waals surface area contributed by atoms with E-state index in [-0.39, 0.29) is 22.8 Å². The minimum Gasteiger partial charge on any atom is -0.488 e. The van der Waals surface area contributed by atoms with E-state index in [4.69, 9.17) is 10.5 Å². The highest BCUT2D eigenvalue weighted by molar-refractivity contribution is 9.10. The summed E-state index contributed by atoms with van der Waals surface area (Å²) in [4.78, 5) is 10.5. The van der Waals surface area contributed by atoms with Crippen LogP contribution in [0.2, 0.25) is 0 Å². The zero-order valence-electron chi connectivity index (χ0n) is 11.5. The predicted molar refractivity (Wildman–Crippen MR) is 81.0 cm³/mol. The van der Waals surface area contributed by atoms with Gasteiger partial charge in [0.25, 0.3) is 5.69 Å². The van der Waals surface area contributed by atoms with E-state index in [0.29, 0.717) is 15.8 Å². The second-order valence-corrected chi connectivity index (χ2v) is 6.14. The molecule has 110 valence electrons. The normalized spacial score (nSPS) is 23.1. The second kappa shape index (κ2) is 6.54. The van der Waals surface area contributed by atoms with Crippen molar-refractivity contribution in [1.29, 1.82) is 0 Å². The molecule has 1 saturated carbocycles. The molecule has 1 fully saturated rings. The molecule has 6 heteroatoms. The largest absolute Gasteiger partial charge is 0.488 e. The van der Waals surface area contributed by atoms with Gasteiger partial charge in [0.05, 0.1) is 9.40 Å². The first kappa shape index (κ1) is 15.3. The van der Waals surface area contributed by atoms with E-state index >= 15 is 0 Å². The van der Waals surface area contributed by atoms with Crippen molar-refractivity contribution in [3.8, 4) is 5.75 Å². The van der Waals surface area contributed by atoms with Crippen molar-refractivity contribution >= 4 is 21.6 Å². The summed E-state index contributed by atoms with van der Waals surface area (Å²) in [6.07, 6.45) is 5.32. The maximum absolute atomic E-state index is 10.9. The quantitative estimate of drug-likeness (QED) is 0.516. The van der Waals surface area contributed by atoms with Gasteiger partial charge in [0.1, 0.15) is 11.9 Å². The monoisotopic (exact) mass is 342 g/mol. The number of hydrogen-bond donors (Lipinski definition) is 1. The van der Waals surface area contributed by atoms with Gasteiger partial charge in [0, 0.05) is 17.7 Å². The highest BCUT2D eigenvalue weighted by atomic mass is 79.9. The number of halogens is 1. The Morgan fingerprint density at radius 3 is 2.75 bits per heavy atom. The maximum atomic E-state index is 10.9. The molecular weight excluding hydrogens is 324 g/mol. The Morgan fingerprint density at radius 2 is 2.05 bits per heavy atom. The minimum absolute atomic E-state index is 0.0188. The highest BCUT2D eigenvalue weighted by Gasteiger charge is 2.24. The van der Waals surface area contributed by atoms with Crippen LogP contribution in [0.3, 0.4) is 0 Å². The molecule has 1 aliphatic carbocycles. The van der Waals surface area contributed by atoms with E-state index in [1.807, 2.05) is 0 Å². The molecule has 0 saturated heterocycles. The molecule has 2 N–H and O–H groups in total. The van der Waals surface area contributed by atoms with Crippen molar-refractivity contribution in [1.82, 2.24) is 0 Å². The number of benzene rings is 1. The average molecular weight is 343 g/mol. The summed E-state index contributed by atoms with van der Waals surface area (Å²) >= 11 is 3.35. The summed E-state index contributed by atoms with van der Waals surface area (Å²) in [5, 5.41) is 10.9. The van der Waals surface area contributed by atoms with E-state index in [1.165, 1.54) is 12.5 Å². The molecule has 0 spiro atoms. The standard InChI is InChI=1S/C14H19BrN2O3/c1-9-7-14(10(15)8-12(9)17(18)19)20-13-6-4-2-3-5-11(13)16/h7-8,11,13H,2-6,16H2,1H3. The SMILES string of the molecule is Cc1cc(OC2CCCCCC2N)c(Br)cc1[N+](=O)[O-]. The van der Waals surface area contributed by atoms with Gasteiger partial charge in [0.2, 0.25) is 0 Å². The number of nitrogens with two attached hydrogens (primary N) is 1. The van der Waals surface area contributed by atoms with E-state index in [9.17, 15) is 10.1 Å². The van der Waals surface area contributed by atoms with Crippen molar-refractivity contribution in [3.63, 3.8) is 0 Å². The van der Waals surface area contributed by atoms with Gasteiger partial charge in [-0.3, -0.25) is 10.1 Å². The van der Waals surface area contributed by atoms with Crippen LogP contribution in [-0.2, 0) is 0 Å². The van der Waals surface area contributed by atoms with Crippen LogP contribution in [0.25, 0.3) is 0 Å². The molecule has 0 aromatic heterocycles. The summed E-state index contributed by atoms with van der Waals surface area (Å²) in [6, 6.07) is 3.23. The fraction of sp³-hybridized carbons (Fsp3) is 0.571. The molecule has 0 aliphatic heterocycles. The van der Waals surface area contributed by atoms with Crippen LogP contribution in [0.5, 0.6) is 5.75 Å². The number of aryl methyl sites for hydroxylation is 1. The maximum Gasteiger partial charge on any atom is 0.273 e. The van der Waals surface area contributed by atoms with Gasteiger partial charge < -0.3 is 10.5 Å². The number of rotatable bonds is 3. The smallest absolute Gasteiger partial charge is 0.273 e. The van der Waals surface area contributed by atoms with Crippen LogP contribution >= 0.6 is 15.9 Å². The van der Waals surface area contributed by atoms with Crippen LogP contribution in [0, 0.1) is 17.0 Å². The molecule has 2 atom stereocenters. The summed E-state index contributed by atoms with van der Waals surface area (Å²) < 4.78 is 6.60. The van der Waals surface area contributed by atoms with Crippen LogP contribution in [-0.4, -0.2) is 17.1 Å². The van der Waals surface area contributed by atoms with E-state index in [1.54, 1.807) is 13.0 Å². The number of nitro benzene ring substituents is 1. The van der Waals surface area contributed by atoms with Crippen molar-refractivity contribution in [2.75, 3.05) is 0 Å². The van der Waals surface area contributed by atoms with Gasteiger partial charge in [-0.05, 0) is 48.2 Å². The van der Waals surface area contributed by atoms with Crippen LogP contribution < -0.4 is 10.5 Å². The van der Waals surface area contributed by atoms with Crippen molar-refractivity contribution in [3.05, 3.63) is 32.3 Å². The summed E-state index contributed by atoms with van der Waals surface area (Å²) in [5.74, 6) is 0.635. The van der Waals surface area contributed by atoms with Crippen LogP contribution in [0.15, 0.2) is 16.6 Å². The van der Waals surface area contributed by atoms with Gasteiger partial charge in [-0.25, -0.2) is 0 Å². The first-order valence-corrected chi connectivity index (χ1v) is 7.65. The third kappa shape index (κ3) is 3.49. The zero-order valence-corrected chi connectivity index (χ0v) is 13.1. The number of ether oxygens (including phenoxy) is 1. The lowest BCUT2D eigenvalue weighted by Gasteiger charge is -2.23. The van der Waals surface area contributed by atoms with Gasteiger partial charge in [-0.1, -0.05) is 12.8 Å².